The number of fused-ring (bicyclic) bond motifs is 2. The number of aromatic nitrogens is 6. The molecular weight excluding hydrogens is 557 g/mol. The lowest BCUT2D eigenvalue weighted by Gasteiger charge is -2.37. The first-order valence-corrected chi connectivity index (χ1v) is 15.0. The number of likely N-dealkylation sites (tertiary alicyclic amines) is 1. The maximum atomic E-state index is 14.8. The summed E-state index contributed by atoms with van der Waals surface area (Å²) >= 11 is 0. The van der Waals surface area contributed by atoms with Crippen molar-refractivity contribution in [3.63, 3.8) is 0 Å². The van der Waals surface area contributed by atoms with Crippen molar-refractivity contribution >= 4 is 27.8 Å². The van der Waals surface area contributed by atoms with Gasteiger partial charge in [0.05, 0.1) is 29.3 Å². The number of rotatable bonds is 8. The van der Waals surface area contributed by atoms with Crippen LogP contribution >= 0.6 is 0 Å². The molecule has 0 amide bonds. The van der Waals surface area contributed by atoms with E-state index in [2.05, 4.69) is 41.0 Å². The molecule has 6 heterocycles. The highest BCUT2D eigenvalue weighted by Crippen LogP contribution is 2.36. The first-order valence-electron chi connectivity index (χ1n) is 15.0. The molecular formula is C33H32FN9O. The fourth-order valence-electron chi connectivity index (χ4n) is 6.23. The molecule has 0 atom stereocenters. The van der Waals surface area contributed by atoms with Gasteiger partial charge in [-0.15, -0.1) is 0 Å². The Balaban J connectivity index is 1.11. The third-order valence-electron chi connectivity index (χ3n) is 8.56. The summed E-state index contributed by atoms with van der Waals surface area (Å²) in [4.78, 5) is 21.8. The average Bonchev–Trinajstić information content (AvgIpc) is 3.78. The zero-order valence-corrected chi connectivity index (χ0v) is 24.1. The van der Waals surface area contributed by atoms with Crippen LogP contribution in [0.15, 0.2) is 67.1 Å². The molecule has 44 heavy (non-hydrogen) atoms. The van der Waals surface area contributed by atoms with Crippen LogP contribution in [0.1, 0.15) is 12.8 Å². The van der Waals surface area contributed by atoms with Gasteiger partial charge in [0.15, 0.2) is 0 Å². The number of pyridine rings is 1. The molecule has 4 N–H and O–H groups in total. The van der Waals surface area contributed by atoms with Crippen LogP contribution in [-0.2, 0) is 0 Å². The summed E-state index contributed by atoms with van der Waals surface area (Å²) in [7, 11) is 0. The van der Waals surface area contributed by atoms with E-state index in [0.29, 0.717) is 18.0 Å². The molecule has 2 aliphatic heterocycles. The molecule has 2 aromatic carbocycles. The number of nitrogens with one attached hydrogen (secondary N) is 2. The Morgan fingerprint density at radius 2 is 1.86 bits per heavy atom. The molecule has 2 fully saturated rings. The Kier molecular flexibility index (Phi) is 6.68. The number of aromatic amines is 2. The summed E-state index contributed by atoms with van der Waals surface area (Å²) in [6.07, 6.45) is 7.73. The molecule has 0 saturated carbocycles. The van der Waals surface area contributed by atoms with Crippen LogP contribution in [-0.4, -0.2) is 80.4 Å². The van der Waals surface area contributed by atoms with E-state index in [1.54, 1.807) is 18.6 Å². The molecule has 10 nitrogen and oxygen atoms in total. The molecule has 2 aliphatic rings. The topological polar surface area (TPSA) is 125 Å². The van der Waals surface area contributed by atoms with Gasteiger partial charge in [-0.1, -0.05) is 6.07 Å². The Morgan fingerprint density at radius 3 is 2.73 bits per heavy atom. The zero-order valence-electron chi connectivity index (χ0n) is 24.1. The van der Waals surface area contributed by atoms with E-state index in [4.69, 9.17) is 15.5 Å². The lowest BCUT2D eigenvalue weighted by atomic mass is 10.0. The van der Waals surface area contributed by atoms with Crippen molar-refractivity contribution in [1.82, 2.24) is 35.0 Å². The molecule has 4 aromatic heterocycles. The van der Waals surface area contributed by atoms with Gasteiger partial charge in [0.2, 0.25) is 0 Å². The van der Waals surface area contributed by atoms with Gasteiger partial charge < -0.3 is 20.4 Å². The maximum Gasteiger partial charge on any atom is 0.147 e. The van der Waals surface area contributed by atoms with Crippen LogP contribution in [0.2, 0.25) is 0 Å². The quantitative estimate of drug-likeness (QED) is 0.227. The molecule has 0 unspecified atom stereocenters. The smallest absolute Gasteiger partial charge is 0.147 e. The van der Waals surface area contributed by atoms with E-state index in [0.717, 1.165) is 88.6 Å². The lowest BCUT2D eigenvalue weighted by molar-refractivity contribution is 0.237. The third kappa shape index (κ3) is 5.03. The summed E-state index contributed by atoms with van der Waals surface area (Å²) in [5.74, 6) is 1.01. The first kappa shape index (κ1) is 26.7. The number of anilines is 1. The molecule has 0 spiro atoms. The summed E-state index contributed by atoms with van der Waals surface area (Å²) in [6, 6.07) is 15.1. The van der Waals surface area contributed by atoms with Crippen molar-refractivity contribution in [2.24, 2.45) is 5.73 Å². The number of nitrogens with zero attached hydrogens (tertiary/aromatic N) is 6. The predicted octanol–water partition coefficient (Wildman–Crippen LogP) is 4.99. The molecule has 0 radical (unpaired) electrons. The zero-order chi connectivity index (χ0) is 29.6. The van der Waals surface area contributed by atoms with Crippen LogP contribution in [0.25, 0.3) is 55.7 Å². The molecule has 6 aromatic rings. The highest BCUT2D eigenvalue weighted by molar-refractivity contribution is 6.00. The van der Waals surface area contributed by atoms with Crippen LogP contribution < -0.4 is 15.4 Å². The van der Waals surface area contributed by atoms with Gasteiger partial charge in [0.25, 0.3) is 0 Å². The Bertz CT molecular complexity index is 1970. The van der Waals surface area contributed by atoms with E-state index in [1.165, 1.54) is 25.0 Å². The Hall–Kier alpha value is -4.87. The van der Waals surface area contributed by atoms with Gasteiger partial charge in [-0.2, -0.15) is 5.10 Å². The van der Waals surface area contributed by atoms with E-state index in [9.17, 15) is 4.39 Å². The normalized spacial score (nSPS) is 15.8. The molecule has 0 bridgehead atoms. The monoisotopic (exact) mass is 589 g/mol. The predicted molar refractivity (Wildman–Crippen MR) is 169 cm³/mol. The second-order valence-electron chi connectivity index (χ2n) is 11.6. The molecule has 222 valence electrons. The highest BCUT2D eigenvalue weighted by atomic mass is 19.1. The van der Waals surface area contributed by atoms with Crippen molar-refractivity contribution in [1.29, 1.82) is 0 Å². The number of halogens is 1. The van der Waals surface area contributed by atoms with Crippen LogP contribution in [0.4, 0.5) is 10.2 Å². The van der Waals surface area contributed by atoms with Crippen molar-refractivity contribution < 1.29 is 9.13 Å². The van der Waals surface area contributed by atoms with Gasteiger partial charge in [-0.3, -0.25) is 15.0 Å². The SMILES string of the molecule is NC1CN(c2cncc(-c3ccc4[nH]nc(-c5cc6c(-c7cc(F)cc(OCCN8CCCC8)c7)ccnc6[nH]5)c4c3)n2)C1. The second-order valence-corrected chi connectivity index (χ2v) is 11.6. The lowest BCUT2D eigenvalue weighted by Crippen LogP contribution is -2.56. The van der Waals surface area contributed by atoms with E-state index in [-0.39, 0.29) is 11.9 Å². The fourth-order valence-corrected chi connectivity index (χ4v) is 6.23. The number of H-pyrrole nitrogens is 2. The molecule has 11 heteroatoms. The summed E-state index contributed by atoms with van der Waals surface area (Å²) < 4.78 is 20.8. The standard InChI is InChI=1S/C33H32FN9O/c34-22-11-21(12-24(14-22)44-10-9-42-7-1-2-8-42)25-5-6-37-33-26(25)15-29(39-33)32-27-13-20(3-4-28(27)40-41-32)30-16-36-17-31(38-30)43-18-23(35)19-43/h3-6,11-17,23H,1-2,7-10,18-19,35H2,(H,37,39)(H,40,41). The third-order valence-corrected chi connectivity index (χ3v) is 8.56. The number of nitrogens with two attached hydrogens (primary N) is 1. The minimum Gasteiger partial charge on any atom is -0.492 e. The van der Waals surface area contributed by atoms with Crippen LogP contribution in [0.5, 0.6) is 5.75 Å². The Morgan fingerprint density at radius 1 is 0.977 bits per heavy atom. The molecule has 2 saturated heterocycles. The summed E-state index contributed by atoms with van der Waals surface area (Å²) in [5.41, 5.74) is 12.4. The summed E-state index contributed by atoms with van der Waals surface area (Å²) in [6.45, 7) is 5.14. The van der Waals surface area contributed by atoms with Gasteiger partial charge in [0, 0.05) is 54.3 Å². The number of hydrogen-bond donors (Lipinski definition) is 3. The average molecular weight is 590 g/mol. The van der Waals surface area contributed by atoms with E-state index in [1.807, 2.05) is 30.3 Å². The van der Waals surface area contributed by atoms with Crippen molar-refractivity contribution in [3.8, 4) is 39.5 Å². The fraction of sp³-hybridized carbons (Fsp3) is 0.273. The van der Waals surface area contributed by atoms with Gasteiger partial charge in [-0.25, -0.2) is 14.4 Å². The highest BCUT2D eigenvalue weighted by Gasteiger charge is 2.25. The number of ether oxygens (including phenoxy) is 1. The van der Waals surface area contributed by atoms with Crippen molar-refractivity contribution in [3.05, 3.63) is 72.9 Å². The van der Waals surface area contributed by atoms with Gasteiger partial charge in [0.1, 0.15) is 35.3 Å². The number of hydrogen-bond acceptors (Lipinski definition) is 8. The van der Waals surface area contributed by atoms with Gasteiger partial charge >= 0.3 is 0 Å². The largest absolute Gasteiger partial charge is 0.492 e. The maximum absolute atomic E-state index is 14.8. The summed E-state index contributed by atoms with van der Waals surface area (Å²) in [5, 5.41) is 9.60. The van der Waals surface area contributed by atoms with Crippen molar-refractivity contribution in [2.75, 3.05) is 44.2 Å². The van der Waals surface area contributed by atoms with Crippen molar-refractivity contribution in [2.45, 2.75) is 18.9 Å². The first-order chi connectivity index (χ1) is 21.6. The minimum absolute atomic E-state index is 0.178. The number of benzene rings is 2. The van der Waals surface area contributed by atoms with Crippen LogP contribution in [0.3, 0.4) is 0 Å². The molecule has 8 rings (SSSR count). The second kappa shape index (κ2) is 11.0. The van der Waals surface area contributed by atoms with E-state index < -0.39 is 0 Å². The Labute approximate surface area is 253 Å². The molecule has 0 aliphatic carbocycles. The minimum atomic E-state index is -0.339. The van der Waals surface area contributed by atoms with E-state index >= 15 is 0 Å². The van der Waals surface area contributed by atoms with Crippen LogP contribution in [0, 0.1) is 5.82 Å². The van der Waals surface area contributed by atoms with Gasteiger partial charge in [-0.05, 0) is 73.5 Å².